The molecule has 0 fully saturated rings. The molecule has 3 aromatic rings. The van der Waals surface area contributed by atoms with Crippen molar-refractivity contribution in [1.29, 1.82) is 0 Å². The van der Waals surface area contributed by atoms with E-state index >= 15 is 0 Å². The van der Waals surface area contributed by atoms with E-state index in [1.807, 2.05) is 24.3 Å². The standard InChI is InChI=1S/C15H13NO/c1-10-14-9-11(17)7-8-12(14)13-5-3-4-6-15(13)16(10)2/h3-9H,1-2H3/p+1. The summed E-state index contributed by atoms with van der Waals surface area (Å²) in [6, 6.07) is 13.9. The van der Waals surface area contributed by atoms with Crippen LogP contribution in [0.4, 0.5) is 0 Å². The van der Waals surface area contributed by atoms with Gasteiger partial charge in [-0.1, -0.05) is 12.1 Å². The van der Waals surface area contributed by atoms with Gasteiger partial charge in [0.1, 0.15) is 12.8 Å². The van der Waals surface area contributed by atoms with Gasteiger partial charge in [0.15, 0.2) is 5.69 Å². The van der Waals surface area contributed by atoms with Crippen LogP contribution < -0.4 is 4.57 Å². The van der Waals surface area contributed by atoms with Crippen LogP contribution in [0.15, 0.2) is 42.5 Å². The minimum Gasteiger partial charge on any atom is -0.508 e. The lowest BCUT2D eigenvalue weighted by Gasteiger charge is -2.06. The molecule has 1 heterocycles. The molecule has 0 aliphatic carbocycles. The largest absolute Gasteiger partial charge is 0.508 e. The third-order valence-corrected chi connectivity index (χ3v) is 3.45. The third kappa shape index (κ3) is 1.37. The van der Waals surface area contributed by atoms with Gasteiger partial charge in [-0.05, 0) is 24.3 Å². The van der Waals surface area contributed by atoms with Gasteiger partial charge in [-0.15, -0.1) is 0 Å². The SMILES string of the molecule is Cc1c2cc(O)ccc2c2ccccc2[n+]1C. The number of aromatic nitrogens is 1. The van der Waals surface area contributed by atoms with Gasteiger partial charge in [0.05, 0.1) is 10.8 Å². The number of phenols is 1. The summed E-state index contributed by atoms with van der Waals surface area (Å²) in [5, 5.41) is 13.1. The second-order valence-corrected chi connectivity index (χ2v) is 4.39. The molecule has 0 saturated carbocycles. The number of benzene rings is 2. The number of para-hydroxylation sites is 1. The van der Waals surface area contributed by atoms with Crippen molar-refractivity contribution < 1.29 is 9.67 Å². The topological polar surface area (TPSA) is 24.1 Å². The quantitative estimate of drug-likeness (QED) is 0.461. The first-order chi connectivity index (χ1) is 8.18. The highest BCUT2D eigenvalue weighted by Gasteiger charge is 2.14. The average molecular weight is 224 g/mol. The van der Waals surface area contributed by atoms with Gasteiger partial charge in [0, 0.05) is 18.4 Å². The van der Waals surface area contributed by atoms with Crippen LogP contribution in [0.3, 0.4) is 0 Å². The highest BCUT2D eigenvalue weighted by atomic mass is 16.3. The van der Waals surface area contributed by atoms with Crippen LogP contribution in [-0.2, 0) is 7.05 Å². The lowest BCUT2D eigenvalue weighted by atomic mass is 10.0. The van der Waals surface area contributed by atoms with Gasteiger partial charge in [0.25, 0.3) is 0 Å². The van der Waals surface area contributed by atoms with Gasteiger partial charge in [-0.2, -0.15) is 4.57 Å². The number of hydrogen-bond acceptors (Lipinski definition) is 1. The van der Waals surface area contributed by atoms with Crippen molar-refractivity contribution in [3.8, 4) is 5.75 Å². The second kappa shape index (κ2) is 3.45. The summed E-state index contributed by atoms with van der Waals surface area (Å²) in [6.07, 6.45) is 0. The zero-order chi connectivity index (χ0) is 12.0. The Bertz CT molecular complexity index is 732. The molecule has 1 aromatic heterocycles. The molecule has 2 aromatic carbocycles. The molecule has 0 spiro atoms. The maximum atomic E-state index is 9.61. The zero-order valence-electron chi connectivity index (χ0n) is 9.94. The van der Waals surface area contributed by atoms with Crippen molar-refractivity contribution in [1.82, 2.24) is 0 Å². The summed E-state index contributed by atoms with van der Waals surface area (Å²) in [7, 11) is 2.06. The van der Waals surface area contributed by atoms with E-state index in [1.54, 1.807) is 6.07 Å². The normalized spacial score (nSPS) is 11.2. The minimum atomic E-state index is 0.316. The number of hydrogen-bond donors (Lipinski definition) is 1. The average Bonchev–Trinajstić information content (AvgIpc) is 2.36. The highest BCUT2D eigenvalue weighted by Crippen LogP contribution is 2.27. The molecular weight excluding hydrogens is 210 g/mol. The Hall–Kier alpha value is -2.09. The van der Waals surface area contributed by atoms with E-state index in [1.165, 1.54) is 16.3 Å². The summed E-state index contributed by atoms with van der Waals surface area (Å²) >= 11 is 0. The van der Waals surface area contributed by atoms with Crippen molar-refractivity contribution in [2.75, 3.05) is 0 Å². The lowest BCUT2D eigenvalue weighted by molar-refractivity contribution is -0.649. The number of aryl methyl sites for hydroxylation is 2. The van der Waals surface area contributed by atoms with Crippen molar-refractivity contribution in [2.45, 2.75) is 6.92 Å². The van der Waals surface area contributed by atoms with Crippen molar-refractivity contribution >= 4 is 21.7 Å². The molecule has 2 heteroatoms. The van der Waals surface area contributed by atoms with Crippen molar-refractivity contribution in [2.24, 2.45) is 7.05 Å². The molecule has 0 saturated heterocycles. The molecule has 0 atom stereocenters. The van der Waals surface area contributed by atoms with Crippen LogP contribution >= 0.6 is 0 Å². The Morgan fingerprint density at radius 2 is 1.71 bits per heavy atom. The van der Waals surface area contributed by atoms with Crippen LogP contribution in [-0.4, -0.2) is 5.11 Å². The van der Waals surface area contributed by atoms with Gasteiger partial charge in [-0.25, -0.2) is 0 Å². The smallest absolute Gasteiger partial charge is 0.213 e. The number of pyridine rings is 1. The fourth-order valence-corrected chi connectivity index (χ4v) is 2.42. The Balaban J connectivity index is 2.65. The maximum absolute atomic E-state index is 9.61. The minimum absolute atomic E-state index is 0.316. The predicted octanol–water partition coefficient (Wildman–Crippen LogP) is 2.83. The molecule has 0 bridgehead atoms. The first-order valence-electron chi connectivity index (χ1n) is 5.68. The molecule has 84 valence electrons. The number of phenolic OH excluding ortho intramolecular Hbond substituents is 1. The Kier molecular flexibility index (Phi) is 2.05. The summed E-state index contributed by atoms with van der Waals surface area (Å²) in [5.74, 6) is 0.316. The molecule has 0 aliphatic heterocycles. The summed E-state index contributed by atoms with van der Waals surface area (Å²) in [5.41, 5.74) is 2.37. The van der Waals surface area contributed by atoms with Crippen LogP contribution in [0.1, 0.15) is 5.69 Å². The molecule has 17 heavy (non-hydrogen) atoms. The van der Waals surface area contributed by atoms with E-state index in [-0.39, 0.29) is 0 Å². The van der Waals surface area contributed by atoms with Gasteiger partial charge in [-0.3, -0.25) is 0 Å². The van der Waals surface area contributed by atoms with E-state index in [0.717, 1.165) is 11.1 Å². The summed E-state index contributed by atoms with van der Waals surface area (Å²) in [4.78, 5) is 0. The number of aromatic hydroxyl groups is 1. The van der Waals surface area contributed by atoms with Crippen LogP contribution in [0, 0.1) is 6.92 Å². The summed E-state index contributed by atoms with van der Waals surface area (Å²) < 4.78 is 2.16. The molecular formula is C15H14NO+. The second-order valence-electron chi connectivity index (χ2n) is 4.39. The van der Waals surface area contributed by atoms with E-state index in [4.69, 9.17) is 0 Å². The lowest BCUT2D eigenvalue weighted by Crippen LogP contribution is -2.33. The number of rotatable bonds is 0. The fourth-order valence-electron chi connectivity index (χ4n) is 2.42. The van der Waals surface area contributed by atoms with Crippen molar-refractivity contribution in [3.63, 3.8) is 0 Å². The number of nitrogens with zero attached hydrogens (tertiary/aromatic N) is 1. The van der Waals surface area contributed by atoms with Crippen LogP contribution in [0.2, 0.25) is 0 Å². The number of fused-ring (bicyclic) bond motifs is 3. The van der Waals surface area contributed by atoms with E-state index in [0.29, 0.717) is 5.75 Å². The molecule has 0 unspecified atom stereocenters. The molecule has 0 amide bonds. The van der Waals surface area contributed by atoms with E-state index in [9.17, 15) is 5.11 Å². The van der Waals surface area contributed by atoms with Gasteiger partial charge in [0.2, 0.25) is 5.52 Å². The molecule has 2 nitrogen and oxygen atoms in total. The highest BCUT2D eigenvalue weighted by molar-refractivity contribution is 6.05. The Labute approximate surface area is 99.7 Å². The molecule has 0 aliphatic rings. The predicted molar refractivity (Wildman–Crippen MR) is 69.0 cm³/mol. The van der Waals surface area contributed by atoms with E-state index < -0.39 is 0 Å². The van der Waals surface area contributed by atoms with Gasteiger partial charge >= 0.3 is 0 Å². The molecule has 0 radical (unpaired) electrons. The fraction of sp³-hybridized carbons (Fsp3) is 0.133. The van der Waals surface area contributed by atoms with E-state index in [2.05, 4.69) is 30.7 Å². The first kappa shape index (κ1) is 10.1. The summed E-state index contributed by atoms with van der Waals surface area (Å²) in [6.45, 7) is 2.08. The Morgan fingerprint density at radius 3 is 2.53 bits per heavy atom. The maximum Gasteiger partial charge on any atom is 0.213 e. The molecule has 3 rings (SSSR count). The van der Waals surface area contributed by atoms with Crippen LogP contribution in [0.5, 0.6) is 5.75 Å². The Morgan fingerprint density at radius 1 is 0.941 bits per heavy atom. The molecule has 1 N–H and O–H groups in total. The van der Waals surface area contributed by atoms with Crippen molar-refractivity contribution in [3.05, 3.63) is 48.2 Å². The van der Waals surface area contributed by atoms with Crippen LogP contribution in [0.25, 0.3) is 21.7 Å². The monoisotopic (exact) mass is 224 g/mol. The van der Waals surface area contributed by atoms with Gasteiger partial charge < -0.3 is 5.11 Å². The first-order valence-corrected chi connectivity index (χ1v) is 5.68. The third-order valence-electron chi connectivity index (χ3n) is 3.45. The zero-order valence-corrected chi connectivity index (χ0v) is 9.94.